The van der Waals surface area contributed by atoms with Gasteiger partial charge >= 0.3 is 0 Å². The van der Waals surface area contributed by atoms with E-state index in [0.717, 1.165) is 11.1 Å². The highest BCUT2D eigenvalue weighted by atomic mass is 35.5. The molecule has 0 heterocycles. The molecule has 0 unspecified atom stereocenters. The fraction of sp³-hybridized carbons (Fsp3) is 0.0909. The van der Waals surface area contributed by atoms with E-state index < -0.39 is 0 Å². The highest BCUT2D eigenvalue weighted by Gasteiger charge is 2.14. The van der Waals surface area contributed by atoms with Gasteiger partial charge in [0.25, 0.3) is 5.91 Å². The lowest BCUT2D eigenvalue weighted by Gasteiger charge is -2.12. The number of hydrogen-bond acceptors (Lipinski definition) is 3. The van der Waals surface area contributed by atoms with Crippen molar-refractivity contribution in [3.8, 4) is 11.8 Å². The maximum atomic E-state index is 12.7. The summed E-state index contributed by atoms with van der Waals surface area (Å²) in [5.74, 6) is 0.149. The van der Waals surface area contributed by atoms with Crippen LogP contribution in [-0.4, -0.2) is 5.91 Å². The molecule has 4 nitrogen and oxygen atoms in total. The maximum absolute atomic E-state index is 12.7. The van der Waals surface area contributed by atoms with Crippen molar-refractivity contribution in [1.29, 1.82) is 5.26 Å². The third-order valence-electron chi connectivity index (χ3n) is 3.92. The third-order valence-corrected chi connectivity index (χ3v) is 4.15. The zero-order valence-electron chi connectivity index (χ0n) is 14.5. The molecule has 0 saturated heterocycles. The van der Waals surface area contributed by atoms with E-state index >= 15 is 0 Å². The Morgan fingerprint density at radius 2 is 1.74 bits per heavy atom. The molecule has 0 aliphatic carbocycles. The molecule has 0 spiro atoms. The van der Waals surface area contributed by atoms with E-state index in [1.54, 1.807) is 30.3 Å². The summed E-state index contributed by atoms with van der Waals surface area (Å²) >= 11 is 6.07. The molecule has 3 rings (SSSR count). The first-order valence-corrected chi connectivity index (χ1v) is 8.77. The molecule has 1 N–H and O–H groups in total. The minimum atomic E-state index is -0.311. The van der Waals surface area contributed by atoms with Crippen LogP contribution in [0.2, 0.25) is 5.02 Å². The molecule has 0 aliphatic rings. The number of ether oxygens (including phenoxy) is 1. The molecule has 3 aromatic carbocycles. The minimum Gasteiger partial charge on any atom is -0.488 e. The van der Waals surface area contributed by atoms with Gasteiger partial charge < -0.3 is 10.1 Å². The largest absolute Gasteiger partial charge is 0.488 e. The van der Waals surface area contributed by atoms with Gasteiger partial charge in [-0.25, -0.2) is 0 Å². The molecule has 3 aromatic rings. The van der Waals surface area contributed by atoms with E-state index in [0.29, 0.717) is 35.1 Å². The molecule has 0 saturated carbocycles. The van der Waals surface area contributed by atoms with Gasteiger partial charge in [0.15, 0.2) is 0 Å². The fourth-order valence-electron chi connectivity index (χ4n) is 2.54. The standard InChI is InChI=1S/C22H17ClN2O2/c23-18-8-11-21(27-15-17-4-2-1-3-5-17)20(14-18)22(26)25-19-9-6-16(7-10-19)12-13-24/h1-11,14H,12,15H2,(H,25,26). The number of halogens is 1. The predicted molar refractivity (Wildman–Crippen MR) is 106 cm³/mol. The summed E-state index contributed by atoms with van der Waals surface area (Å²) < 4.78 is 5.83. The Morgan fingerprint density at radius 1 is 1.00 bits per heavy atom. The molecule has 134 valence electrons. The van der Waals surface area contributed by atoms with Crippen LogP contribution in [0.1, 0.15) is 21.5 Å². The van der Waals surface area contributed by atoms with Crippen LogP contribution in [0.5, 0.6) is 5.75 Å². The Kier molecular flexibility index (Phi) is 6.09. The van der Waals surface area contributed by atoms with Crippen molar-refractivity contribution in [3.05, 3.63) is 94.5 Å². The Labute approximate surface area is 163 Å². The number of hydrogen-bond donors (Lipinski definition) is 1. The summed E-state index contributed by atoms with van der Waals surface area (Å²) in [5.41, 5.74) is 2.90. The molecule has 1 amide bonds. The number of carbonyl (C=O) groups excluding carboxylic acids is 1. The quantitative estimate of drug-likeness (QED) is 0.640. The second kappa shape index (κ2) is 8.88. The Bertz CT molecular complexity index is 964. The lowest BCUT2D eigenvalue weighted by molar-refractivity contribution is 0.102. The van der Waals surface area contributed by atoms with Crippen molar-refractivity contribution in [2.24, 2.45) is 0 Å². The van der Waals surface area contributed by atoms with Crippen molar-refractivity contribution in [2.75, 3.05) is 5.32 Å². The van der Waals surface area contributed by atoms with E-state index in [2.05, 4.69) is 11.4 Å². The van der Waals surface area contributed by atoms with E-state index in [4.69, 9.17) is 21.6 Å². The Hall–Kier alpha value is -3.29. The second-order valence-corrected chi connectivity index (χ2v) is 6.34. The van der Waals surface area contributed by atoms with Gasteiger partial charge in [0.1, 0.15) is 12.4 Å². The summed E-state index contributed by atoms with van der Waals surface area (Å²) in [4.78, 5) is 12.7. The number of rotatable bonds is 6. The zero-order chi connectivity index (χ0) is 19.1. The van der Waals surface area contributed by atoms with Gasteiger partial charge in [0.2, 0.25) is 0 Å². The first-order chi connectivity index (χ1) is 13.2. The molecule has 0 aromatic heterocycles. The van der Waals surface area contributed by atoms with Gasteiger partial charge in [-0.2, -0.15) is 5.26 Å². The van der Waals surface area contributed by atoms with Crippen molar-refractivity contribution in [2.45, 2.75) is 13.0 Å². The van der Waals surface area contributed by atoms with Crippen LogP contribution in [0.4, 0.5) is 5.69 Å². The molecular formula is C22H17ClN2O2. The van der Waals surface area contributed by atoms with E-state index in [9.17, 15) is 4.79 Å². The van der Waals surface area contributed by atoms with Crippen molar-refractivity contribution in [1.82, 2.24) is 0 Å². The lowest BCUT2D eigenvalue weighted by Crippen LogP contribution is -2.13. The molecule has 5 heteroatoms. The van der Waals surface area contributed by atoms with Crippen LogP contribution in [-0.2, 0) is 13.0 Å². The van der Waals surface area contributed by atoms with Gasteiger partial charge in [-0.05, 0) is 41.5 Å². The van der Waals surface area contributed by atoms with Gasteiger partial charge in [-0.15, -0.1) is 0 Å². The SMILES string of the molecule is N#CCc1ccc(NC(=O)c2cc(Cl)ccc2OCc2ccccc2)cc1. The predicted octanol–water partition coefficient (Wildman–Crippen LogP) is 5.24. The van der Waals surface area contributed by atoms with Crippen LogP contribution >= 0.6 is 11.6 Å². The highest BCUT2D eigenvalue weighted by Crippen LogP contribution is 2.25. The van der Waals surface area contributed by atoms with Crippen molar-refractivity contribution in [3.63, 3.8) is 0 Å². The summed E-state index contributed by atoms with van der Waals surface area (Å²) in [6, 6.07) is 23.9. The highest BCUT2D eigenvalue weighted by molar-refractivity contribution is 6.31. The number of benzene rings is 3. The normalized spacial score (nSPS) is 10.1. The maximum Gasteiger partial charge on any atom is 0.259 e. The number of carbonyl (C=O) groups is 1. The first-order valence-electron chi connectivity index (χ1n) is 8.39. The van der Waals surface area contributed by atoms with E-state index in [-0.39, 0.29) is 5.91 Å². The number of anilines is 1. The Balaban J connectivity index is 1.75. The number of amides is 1. The zero-order valence-corrected chi connectivity index (χ0v) is 15.2. The minimum absolute atomic E-state index is 0.311. The number of nitrogens with one attached hydrogen (secondary N) is 1. The molecule has 0 fully saturated rings. The van der Waals surface area contributed by atoms with Crippen molar-refractivity contribution >= 4 is 23.2 Å². The van der Waals surface area contributed by atoms with Gasteiger partial charge in [-0.3, -0.25) is 4.79 Å². The summed E-state index contributed by atoms with van der Waals surface area (Å²) in [5, 5.41) is 12.0. The smallest absolute Gasteiger partial charge is 0.259 e. The average molecular weight is 377 g/mol. The molecule has 27 heavy (non-hydrogen) atoms. The molecule has 0 bridgehead atoms. The average Bonchev–Trinajstić information content (AvgIpc) is 2.69. The van der Waals surface area contributed by atoms with E-state index in [1.807, 2.05) is 42.5 Å². The lowest BCUT2D eigenvalue weighted by atomic mass is 10.1. The van der Waals surface area contributed by atoms with Crippen LogP contribution in [0.25, 0.3) is 0 Å². The van der Waals surface area contributed by atoms with Gasteiger partial charge in [-0.1, -0.05) is 54.1 Å². The van der Waals surface area contributed by atoms with Gasteiger partial charge in [0, 0.05) is 10.7 Å². The summed E-state index contributed by atoms with van der Waals surface area (Å²) in [6.07, 6.45) is 0.333. The van der Waals surface area contributed by atoms with Crippen LogP contribution < -0.4 is 10.1 Å². The summed E-state index contributed by atoms with van der Waals surface area (Å²) in [6.45, 7) is 0.353. The third kappa shape index (κ3) is 5.10. The van der Waals surface area contributed by atoms with Crippen LogP contribution in [0.15, 0.2) is 72.8 Å². The molecule has 0 aliphatic heterocycles. The number of nitriles is 1. The number of nitrogens with zero attached hydrogens (tertiary/aromatic N) is 1. The monoisotopic (exact) mass is 376 g/mol. The second-order valence-electron chi connectivity index (χ2n) is 5.90. The van der Waals surface area contributed by atoms with Crippen molar-refractivity contribution < 1.29 is 9.53 Å². The van der Waals surface area contributed by atoms with Crippen LogP contribution in [0, 0.1) is 11.3 Å². The van der Waals surface area contributed by atoms with Crippen LogP contribution in [0.3, 0.4) is 0 Å². The van der Waals surface area contributed by atoms with Gasteiger partial charge in [0.05, 0.1) is 18.1 Å². The molecular weight excluding hydrogens is 360 g/mol. The topological polar surface area (TPSA) is 62.1 Å². The summed E-state index contributed by atoms with van der Waals surface area (Å²) in [7, 11) is 0. The molecule has 0 atom stereocenters. The Morgan fingerprint density at radius 3 is 2.44 bits per heavy atom. The van der Waals surface area contributed by atoms with E-state index in [1.165, 1.54) is 0 Å². The first kappa shape index (κ1) is 18.5. The molecule has 0 radical (unpaired) electrons. The fourth-order valence-corrected chi connectivity index (χ4v) is 2.71.